The van der Waals surface area contributed by atoms with Crippen LogP contribution in [0.3, 0.4) is 0 Å². The summed E-state index contributed by atoms with van der Waals surface area (Å²) in [5.74, 6) is 8.82. The molecule has 4 aromatic rings. The minimum Gasteiger partial charge on any atom is -0.207 e. The average Bonchev–Trinajstić information content (AvgIpc) is 2.84. The van der Waals surface area contributed by atoms with E-state index in [0.29, 0.717) is 0 Å². The lowest BCUT2D eigenvalue weighted by Crippen LogP contribution is -2.35. The average molecular weight is 436 g/mol. The van der Waals surface area contributed by atoms with Crippen molar-refractivity contribution in [1.29, 1.82) is 0 Å². The summed E-state index contributed by atoms with van der Waals surface area (Å²) in [5, 5.41) is 2.08. The molecule has 0 saturated carbocycles. The lowest BCUT2D eigenvalue weighted by molar-refractivity contribution is 0.410. The highest BCUT2D eigenvalue weighted by atomic mass is 32.2. The minimum absolute atomic E-state index is 0.0990. The number of sulfonamides is 1. The Balaban J connectivity index is 1.88. The molecule has 0 aliphatic heterocycles. The van der Waals surface area contributed by atoms with Crippen molar-refractivity contribution in [1.82, 2.24) is 4.31 Å². The molecular formula is C28H21NO2S. The van der Waals surface area contributed by atoms with Crippen LogP contribution in [0.25, 0.3) is 10.8 Å². The van der Waals surface area contributed by atoms with Gasteiger partial charge in [-0.15, -0.1) is 6.42 Å². The van der Waals surface area contributed by atoms with Crippen LogP contribution in [-0.2, 0) is 10.0 Å². The van der Waals surface area contributed by atoms with Gasteiger partial charge >= 0.3 is 0 Å². The smallest absolute Gasteiger partial charge is 0.207 e. The van der Waals surface area contributed by atoms with Gasteiger partial charge < -0.3 is 0 Å². The molecule has 0 N–H and O–H groups in total. The van der Waals surface area contributed by atoms with Gasteiger partial charge in [0.15, 0.2) is 0 Å². The van der Waals surface area contributed by atoms with Crippen LogP contribution < -0.4 is 0 Å². The van der Waals surface area contributed by atoms with E-state index in [2.05, 4.69) is 17.8 Å². The summed E-state index contributed by atoms with van der Waals surface area (Å²) in [7, 11) is -3.88. The molecule has 0 aromatic heterocycles. The highest BCUT2D eigenvalue weighted by Gasteiger charge is 2.31. The van der Waals surface area contributed by atoms with Gasteiger partial charge in [0.05, 0.1) is 11.4 Å². The van der Waals surface area contributed by atoms with Gasteiger partial charge in [-0.25, -0.2) is 8.42 Å². The van der Waals surface area contributed by atoms with Gasteiger partial charge in [-0.3, -0.25) is 0 Å². The molecule has 0 amide bonds. The first-order valence-electron chi connectivity index (χ1n) is 10.2. The number of hydrogen-bond acceptors (Lipinski definition) is 2. The molecule has 4 heteroatoms. The number of rotatable bonds is 5. The molecule has 1 unspecified atom stereocenters. The zero-order chi connectivity index (χ0) is 22.4. The molecule has 0 aliphatic carbocycles. The molecule has 0 heterocycles. The zero-order valence-electron chi connectivity index (χ0n) is 17.3. The summed E-state index contributed by atoms with van der Waals surface area (Å²) in [6.07, 6.45) is 5.61. The molecule has 0 bridgehead atoms. The summed E-state index contributed by atoms with van der Waals surface area (Å²) in [5.41, 5.74) is 1.57. The van der Waals surface area contributed by atoms with Crippen molar-refractivity contribution in [2.45, 2.75) is 10.9 Å². The van der Waals surface area contributed by atoms with Gasteiger partial charge in [-0.1, -0.05) is 90.6 Å². The Hall–Kier alpha value is -3.83. The number of nitrogens with zero attached hydrogens (tertiary/aromatic N) is 1. The maximum Gasteiger partial charge on any atom is 0.245 e. The van der Waals surface area contributed by atoms with Crippen molar-refractivity contribution in [3.8, 4) is 24.2 Å². The van der Waals surface area contributed by atoms with Crippen LogP contribution in [0, 0.1) is 24.2 Å². The first-order chi connectivity index (χ1) is 15.6. The van der Waals surface area contributed by atoms with Gasteiger partial charge in [-0.05, 0) is 46.7 Å². The van der Waals surface area contributed by atoms with Crippen molar-refractivity contribution >= 4 is 20.8 Å². The molecule has 0 saturated heterocycles. The van der Waals surface area contributed by atoms with Crippen LogP contribution in [0.4, 0.5) is 0 Å². The SMILES string of the molecule is C#CCN(C(C#Cc1ccccc1)c1ccc2ccccc2c1)S(=O)(=O)c1ccccc1. The van der Waals surface area contributed by atoms with Crippen LogP contribution >= 0.6 is 0 Å². The van der Waals surface area contributed by atoms with Crippen LogP contribution in [-0.4, -0.2) is 19.3 Å². The number of fused-ring (bicyclic) bond motifs is 1. The standard InChI is InChI=1S/C28H21NO2S/c1-2-21-29(32(30,31)27-15-7-4-8-16-27)28(20-17-23-11-5-3-6-12-23)26-19-18-24-13-9-10-14-25(24)22-26/h1,3-16,18-19,22,28H,21H2. The summed E-state index contributed by atoms with van der Waals surface area (Å²) >= 11 is 0. The molecule has 3 nitrogen and oxygen atoms in total. The van der Waals surface area contributed by atoms with E-state index in [1.165, 1.54) is 4.31 Å². The van der Waals surface area contributed by atoms with Gasteiger partial charge in [-0.2, -0.15) is 4.31 Å². The lowest BCUT2D eigenvalue weighted by Gasteiger charge is -2.26. The van der Waals surface area contributed by atoms with E-state index in [1.807, 2.05) is 72.8 Å². The normalized spacial score (nSPS) is 12.0. The second-order valence-electron chi connectivity index (χ2n) is 7.21. The zero-order valence-corrected chi connectivity index (χ0v) is 18.2. The lowest BCUT2D eigenvalue weighted by atomic mass is 10.0. The Kier molecular flexibility index (Phi) is 6.38. The van der Waals surface area contributed by atoms with Gasteiger partial charge in [0.2, 0.25) is 10.0 Å². The third-order valence-electron chi connectivity index (χ3n) is 5.10. The van der Waals surface area contributed by atoms with E-state index in [0.717, 1.165) is 21.9 Å². The fraction of sp³-hybridized carbons (Fsp3) is 0.0714. The highest BCUT2D eigenvalue weighted by molar-refractivity contribution is 7.89. The Labute approximate surface area is 189 Å². The van der Waals surface area contributed by atoms with E-state index in [-0.39, 0.29) is 11.4 Å². The predicted octanol–water partition coefficient (Wildman–Crippen LogP) is 5.26. The highest BCUT2D eigenvalue weighted by Crippen LogP contribution is 2.29. The van der Waals surface area contributed by atoms with Gasteiger partial charge in [0.25, 0.3) is 0 Å². The van der Waals surface area contributed by atoms with E-state index in [9.17, 15) is 8.42 Å². The largest absolute Gasteiger partial charge is 0.245 e. The maximum absolute atomic E-state index is 13.6. The number of benzene rings is 4. The molecule has 0 spiro atoms. The summed E-state index contributed by atoms with van der Waals surface area (Å²) in [6, 6.07) is 30.9. The fourth-order valence-corrected chi connectivity index (χ4v) is 4.97. The van der Waals surface area contributed by atoms with Crippen LogP contribution in [0.5, 0.6) is 0 Å². The summed E-state index contributed by atoms with van der Waals surface area (Å²) < 4.78 is 28.4. The minimum atomic E-state index is -3.88. The Morgan fingerprint density at radius 2 is 1.41 bits per heavy atom. The Morgan fingerprint density at radius 3 is 2.09 bits per heavy atom. The maximum atomic E-state index is 13.6. The van der Waals surface area contributed by atoms with Crippen molar-refractivity contribution in [2.75, 3.05) is 6.54 Å². The molecule has 32 heavy (non-hydrogen) atoms. The first-order valence-corrected chi connectivity index (χ1v) is 11.6. The van der Waals surface area contributed by atoms with Gasteiger partial charge in [0, 0.05) is 5.56 Å². The molecule has 0 aliphatic rings. The van der Waals surface area contributed by atoms with E-state index >= 15 is 0 Å². The number of hydrogen-bond donors (Lipinski definition) is 0. The molecule has 0 fully saturated rings. The van der Waals surface area contributed by atoms with Crippen molar-refractivity contribution < 1.29 is 8.42 Å². The molecule has 0 radical (unpaired) electrons. The molecule has 156 valence electrons. The van der Waals surface area contributed by atoms with Crippen molar-refractivity contribution in [2.24, 2.45) is 0 Å². The fourth-order valence-electron chi connectivity index (χ4n) is 3.51. The Bertz CT molecular complexity index is 1430. The second kappa shape index (κ2) is 9.54. The quantitative estimate of drug-likeness (QED) is 0.401. The van der Waals surface area contributed by atoms with Crippen LogP contribution in [0.1, 0.15) is 17.2 Å². The van der Waals surface area contributed by atoms with Crippen LogP contribution in [0.15, 0.2) is 108 Å². The Morgan fingerprint density at radius 1 is 0.781 bits per heavy atom. The molecular weight excluding hydrogens is 414 g/mol. The topological polar surface area (TPSA) is 37.4 Å². The number of terminal acetylenes is 1. The summed E-state index contributed by atoms with van der Waals surface area (Å²) in [4.78, 5) is 0.183. The van der Waals surface area contributed by atoms with E-state index < -0.39 is 16.1 Å². The molecule has 4 rings (SSSR count). The van der Waals surface area contributed by atoms with E-state index in [1.54, 1.807) is 30.3 Å². The molecule has 4 aromatic carbocycles. The third kappa shape index (κ3) is 4.58. The third-order valence-corrected chi connectivity index (χ3v) is 6.93. The van der Waals surface area contributed by atoms with Gasteiger partial charge in [0.1, 0.15) is 6.04 Å². The van der Waals surface area contributed by atoms with Crippen LogP contribution in [0.2, 0.25) is 0 Å². The van der Waals surface area contributed by atoms with E-state index in [4.69, 9.17) is 6.42 Å². The van der Waals surface area contributed by atoms with Crippen molar-refractivity contribution in [3.63, 3.8) is 0 Å². The summed E-state index contributed by atoms with van der Waals surface area (Å²) in [6.45, 7) is -0.0990. The monoisotopic (exact) mass is 435 g/mol. The van der Waals surface area contributed by atoms with Crippen molar-refractivity contribution in [3.05, 3.63) is 114 Å². The first kappa shape index (κ1) is 21.4. The molecule has 1 atom stereocenters. The second-order valence-corrected chi connectivity index (χ2v) is 9.10. The predicted molar refractivity (Wildman–Crippen MR) is 129 cm³/mol.